The number of carbonyl (C=O) groups is 1. The number of ether oxygens (including phenoxy) is 1. The molecule has 2 rings (SSSR count). The minimum absolute atomic E-state index is 0.0759. The summed E-state index contributed by atoms with van der Waals surface area (Å²) in [6.45, 7) is 9.97. The number of hydrogen-bond acceptors (Lipinski definition) is 2. The largest absolute Gasteiger partial charge is 0.481 e. The van der Waals surface area contributed by atoms with Crippen molar-refractivity contribution in [2.75, 3.05) is 0 Å². The number of aryl methyl sites for hydroxylation is 3. The van der Waals surface area contributed by atoms with Gasteiger partial charge in [-0.2, -0.15) is 0 Å². The lowest BCUT2D eigenvalue weighted by atomic mass is 9.96. The Morgan fingerprint density at radius 1 is 1.00 bits per heavy atom. The Labute approximate surface area is 149 Å². The van der Waals surface area contributed by atoms with Crippen LogP contribution in [0.1, 0.15) is 42.1 Å². The van der Waals surface area contributed by atoms with Gasteiger partial charge >= 0.3 is 0 Å². The zero-order valence-corrected chi connectivity index (χ0v) is 15.6. The van der Waals surface area contributed by atoms with E-state index in [4.69, 9.17) is 16.3 Å². The summed E-state index contributed by atoms with van der Waals surface area (Å²) < 4.78 is 5.67. The molecule has 0 heterocycles. The average Bonchev–Trinajstić information content (AvgIpc) is 2.52. The third-order valence-electron chi connectivity index (χ3n) is 4.20. The first-order valence-electron chi connectivity index (χ1n) is 8.08. The van der Waals surface area contributed by atoms with Crippen LogP contribution in [0.25, 0.3) is 0 Å². The SMILES string of the molecule is Cc1cc(C)c(C(C)NC(=O)C(C)Oc2ccc(Cl)cc2)cc1C. The molecule has 0 aliphatic heterocycles. The van der Waals surface area contributed by atoms with Crippen molar-refractivity contribution in [3.05, 3.63) is 63.7 Å². The van der Waals surface area contributed by atoms with E-state index in [0.717, 1.165) is 5.56 Å². The minimum atomic E-state index is -0.583. The third-order valence-corrected chi connectivity index (χ3v) is 4.46. The summed E-state index contributed by atoms with van der Waals surface area (Å²) in [5.41, 5.74) is 4.79. The maximum absolute atomic E-state index is 12.4. The number of halogens is 1. The number of benzene rings is 2. The fraction of sp³-hybridized carbons (Fsp3) is 0.350. The monoisotopic (exact) mass is 345 g/mol. The molecule has 0 bridgehead atoms. The lowest BCUT2D eigenvalue weighted by Crippen LogP contribution is -2.38. The van der Waals surface area contributed by atoms with Gasteiger partial charge in [-0.05, 0) is 81.1 Å². The van der Waals surface area contributed by atoms with Crippen molar-refractivity contribution in [2.45, 2.75) is 46.8 Å². The van der Waals surface area contributed by atoms with Gasteiger partial charge in [0.15, 0.2) is 6.10 Å². The van der Waals surface area contributed by atoms with Gasteiger partial charge in [-0.1, -0.05) is 23.7 Å². The summed E-state index contributed by atoms with van der Waals surface area (Å²) >= 11 is 5.85. The maximum atomic E-state index is 12.4. The molecule has 128 valence electrons. The molecular formula is C20H24ClNO2. The first kappa shape index (κ1) is 18.3. The standard InChI is InChI=1S/C20H24ClNO2/c1-12-10-14(3)19(11-13(12)2)15(4)22-20(23)16(5)24-18-8-6-17(21)7-9-18/h6-11,15-16H,1-5H3,(H,22,23). The van der Waals surface area contributed by atoms with E-state index in [1.165, 1.54) is 16.7 Å². The molecule has 1 N–H and O–H groups in total. The van der Waals surface area contributed by atoms with Crippen LogP contribution in [0.4, 0.5) is 0 Å². The molecule has 0 fully saturated rings. The fourth-order valence-corrected chi connectivity index (χ4v) is 2.75. The Morgan fingerprint density at radius 3 is 2.21 bits per heavy atom. The van der Waals surface area contributed by atoms with Crippen LogP contribution >= 0.6 is 11.6 Å². The minimum Gasteiger partial charge on any atom is -0.481 e. The summed E-state index contributed by atoms with van der Waals surface area (Å²) in [6, 6.07) is 11.2. The zero-order valence-electron chi connectivity index (χ0n) is 14.8. The second-order valence-corrected chi connectivity index (χ2v) is 6.67. The maximum Gasteiger partial charge on any atom is 0.261 e. The van der Waals surface area contributed by atoms with Crippen LogP contribution in [0.15, 0.2) is 36.4 Å². The molecule has 3 nitrogen and oxygen atoms in total. The van der Waals surface area contributed by atoms with Gasteiger partial charge in [0, 0.05) is 5.02 Å². The highest BCUT2D eigenvalue weighted by molar-refractivity contribution is 6.30. The molecule has 2 unspecified atom stereocenters. The van der Waals surface area contributed by atoms with Gasteiger partial charge in [-0.3, -0.25) is 4.79 Å². The van der Waals surface area contributed by atoms with E-state index in [1.807, 2.05) is 6.92 Å². The first-order chi connectivity index (χ1) is 11.3. The molecule has 0 aliphatic carbocycles. The van der Waals surface area contributed by atoms with Gasteiger partial charge in [0.05, 0.1) is 6.04 Å². The summed E-state index contributed by atoms with van der Waals surface area (Å²) in [6.07, 6.45) is -0.583. The van der Waals surface area contributed by atoms with Crippen LogP contribution in [0.3, 0.4) is 0 Å². The molecule has 0 aliphatic rings. The van der Waals surface area contributed by atoms with Crippen LogP contribution in [0.2, 0.25) is 5.02 Å². The van der Waals surface area contributed by atoms with E-state index in [0.29, 0.717) is 10.8 Å². The summed E-state index contributed by atoms with van der Waals surface area (Å²) in [5, 5.41) is 3.66. The molecule has 0 radical (unpaired) electrons. The van der Waals surface area contributed by atoms with Gasteiger partial charge in [0.25, 0.3) is 5.91 Å². The third kappa shape index (κ3) is 4.51. The Bertz CT molecular complexity index is 725. The normalized spacial score (nSPS) is 13.2. The van der Waals surface area contributed by atoms with Crippen molar-refractivity contribution < 1.29 is 9.53 Å². The molecule has 0 saturated carbocycles. The Hall–Kier alpha value is -2.00. The average molecular weight is 346 g/mol. The van der Waals surface area contributed by atoms with Gasteiger partial charge in [0.1, 0.15) is 5.75 Å². The van der Waals surface area contributed by atoms with E-state index in [2.05, 4.69) is 38.2 Å². The Kier molecular flexibility index (Phi) is 5.89. The summed E-state index contributed by atoms with van der Waals surface area (Å²) in [4.78, 5) is 12.4. The number of hydrogen-bond donors (Lipinski definition) is 1. The van der Waals surface area contributed by atoms with E-state index in [1.54, 1.807) is 31.2 Å². The first-order valence-corrected chi connectivity index (χ1v) is 8.46. The molecule has 0 spiro atoms. The smallest absolute Gasteiger partial charge is 0.261 e. The van der Waals surface area contributed by atoms with E-state index in [9.17, 15) is 4.79 Å². The van der Waals surface area contributed by atoms with Crippen molar-refractivity contribution >= 4 is 17.5 Å². The second kappa shape index (κ2) is 7.71. The molecule has 4 heteroatoms. The Morgan fingerprint density at radius 2 is 1.58 bits per heavy atom. The predicted octanol–water partition coefficient (Wildman–Crippen LogP) is 4.91. The zero-order chi connectivity index (χ0) is 17.9. The topological polar surface area (TPSA) is 38.3 Å². The van der Waals surface area contributed by atoms with Crippen molar-refractivity contribution in [3.63, 3.8) is 0 Å². The van der Waals surface area contributed by atoms with Gasteiger partial charge < -0.3 is 10.1 Å². The fourth-order valence-electron chi connectivity index (χ4n) is 2.63. The molecule has 2 atom stereocenters. The van der Waals surface area contributed by atoms with Gasteiger partial charge in [-0.15, -0.1) is 0 Å². The predicted molar refractivity (Wildman–Crippen MR) is 98.8 cm³/mol. The van der Waals surface area contributed by atoms with Crippen molar-refractivity contribution in [1.29, 1.82) is 0 Å². The highest BCUT2D eigenvalue weighted by Crippen LogP contribution is 2.22. The highest BCUT2D eigenvalue weighted by atomic mass is 35.5. The van der Waals surface area contributed by atoms with Crippen molar-refractivity contribution in [2.24, 2.45) is 0 Å². The van der Waals surface area contributed by atoms with E-state index < -0.39 is 6.10 Å². The number of amides is 1. The van der Waals surface area contributed by atoms with E-state index >= 15 is 0 Å². The quantitative estimate of drug-likeness (QED) is 0.836. The molecule has 2 aromatic rings. The molecule has 0 aromatic heterocycles. The molecule has 24 heavy (non-hydrogen) atoms. The van der Waals surface area contributed by atoms with Crippen molar-refractivity contribution in [3.8, 4) is 5.75 Å². The van der Waals surface area contributed by atoms with Crippen LogP contribution in [-0.4, -0.2) is 12.0 Å². The lowest BCUT2D eigenvalue weighted by molar-refractivity contribution is -0.127. The summed E-state index contributed by atoms with van der Waals surface area (Å²) in [5.74, 6) is 0.479. The van der Waals surface area contributed by atoms with Crippen LogP contribution in [-0.2, 0) is 4.79 Å². The lowest BCUT2D eigenvalue weighted by Gasteiger charge is -2.21. The molecule has 1 amide bonds. The molecule has 2 aromatic carbocycles. The van der Waals surface area contributed by atoms with Crippen LogP contribution in [0.5, 0.6) is 5.75 Å². The Balaban J connectivity index is 2.03. The second-order valence-electron chi connectivity index (χ2n) is 6.24. The van der Waals surface area contributed by atoms with Crippen LogP contribution < -0.4 is 10.1 Å². The van der Waals surface area contributed by atoms with E-state index in [-0.39, 0.29) is 11.9 Å². The summed E-state index contributed by atoms with van der Waals surface area (Å²) in [7, 11) is 0. The number of carbonyl (C=O) groups excluding carboxylic acids is 1. The molecule has 0 saturated heterocycles. The van der Waals surface area contributed by atoms with Gasteiger partial charge in [-0.25, -0.2) is 0 Å². The number of rotatable bonds is 5. The molecular weight excluding hydrogens is 322 g/mol. The highest BCUT2D eigenvalue weighted by Gasteiger charge is 2.19. The van der Waals surface area contributed by atoms with Crippen molar-refractivity contribution in [1.82, 2.24) is 5.32 Å². The number of nitrogens with one attached hydrogen (secondary N) is 1. The van der Waals surface area contributed by atoms with Crippen LogP contribution in [0, 0.1) is 20.8 Å². The van der Waals surface area contributed by atoms with Gasteiger partial charge in [0.2, 0.25) is 0 Å².